The van der Waals surface area contributed by atoms with E-state index in [9.17, 15) is 22.4 Å². The number of aromatic nitrogens is 4. The van der Waals surface area contributed by atoms with Gasteiger partial charge in [-0.15, -0.1) is 0 Å². The first-order valence-corrected chi connectivity index (χ1v) is 12.4. The van der Waals surface area contributed by atoms with Crippen molar-refractivity contribution in [2.45, 2.75) is 26.4 Å². The SMILES string of the molecule is Cc1cc(-n2c(-c3nonc3CCCNS(=O)(=O)NC(=O)OCc3ccccc3)noc2=O)ccc1F. The van der Waals surface area contributed by atoms with E-state index in [2.05, 4.69) is 20.2 Å². The number of hydrogen-bond donors (Lipinski definition) is 2. The summed E-state index contributed by atoms with van der Waals surface area (Å²) in [6.07, 6.45) is -0.734. The minimum Gasteiger partial charge on any atom is -0.444 e. The lowest BCUT2D eigenvalue weighted by molar-refractivity contribution is 0.146. The van der Waals surface area contributed by atoms with Crippen molar-refractivity contribution in [3.8, 4) is 17.2 Å². The third-order valence-electron chi connectivity index (χ3n) is 5.09. The van der Waals surface area contributed by atoms with Gasteiger partial charge in [0.2, 0.25) is 5.82 Å². The van der Waals surface area contributed by atoms with Gasteiger partial charge >= 0.3 is 22.1 Å². The highest BCUT2D eigenvalue weighted by atomic mass is 32.2. The monoisotopic (exact) mass is 532 g/mol. The lowest BCUT2D eigenvalue weighted by atomic mass is 10.2. The molecule has 0 aliphatic heterocycles. The van der Waals surface area contributed by atoms with Crippen LogP contribution in [0, 0.1) is 12.7 Å². The van der Waals surface area contributed by atoms with Crippen molar-refractivity contribution >= 4 is 16.3 Å². The summed E-state index contributed by atoms with van der Waals surface area (Å²) in [6, 6.07) is 12.8. The second-order valence-electron chi connectivity index (χ2n) is 7.77. The zero-order valence-electron chi connectivity index (χ0n) is 19.4. The number of ether oxygens (including phenoxy) is 1. The highest BCUT2D eigenvalue weighted by molar-refractivity contribution is 7.88. The van der Waals surface area contributed by atoms with E-state index in [1.54, 1.807) is 42.0 Å². The van der Waals surface area contributed by atoms with Crippen molar-refractivity contribution in [3.05, 3.63) is 81.7 Å². The molecule has 0 fully saturated rings. The summed E-state index contributed by atoms with van der Waals surface area (Å²) in [7, 11) is -4.17. The van der Waals surface area contributed by atoms with Crippen LogP contribution in [0.5, 0.6) is 0 Å². The number of aryl methyl sites for hydroxylation is 2. The topological polar surface area (TPSA) is 171 Å². The molecule has 1 amide bonds. The first-order chi connectivity index (χ1) is 17.7. The number of benzene rings is 2. The summed E-state index contributed by atoms with van der Waals surface area (Å²) in [5, 5.41) is 11.3. The highest BCUT2D eigenvalue weighted by Gasteiger charge is 2.23. The Kier molecular flexibility index (Phi) is 7.74. The van der Waals surface area contributed by atoms with Gasteiger partial charge in [-0.25, -0.2) is 27.9 Å². The van der Waals surface area contributed by atoms with Gasteiger partial charge in [0, 0.05) is 6.54 Å². The standard InChI is InChI=1S/C22H21FN6O7S/c1-14-12-16(9-10-17(14)23)29-20(27-35-22(29)31)19-18(25-36-26-19)8-5-11-24-37(32,33)28-21(30)34-13-15-6-3-2-4-7-15/h2-4,6-7,9-10,12,24H,5,8,11,13H2,1H3,(H,28,30). The molecule has 0 bridgehead atoms. The Morgan fingerprint density at radius 1 is 1.14 bits per heavy atom. The molecular weight excluding hydrogens is 511 g/mol. The van der Waals surface area contributed by atoms with Gasteiger partial charge in [0.25, 0.3) is 0 Å². The van der Waals surface area contributed by atoms with Crippen LogP contribution in [-0.2, 0) is 28.0 Å². The Labute approximate surface area is 209 Å². The summed E-state index contributed by atoms with van der Waals surface area (Å²) in [4.78, 5) is 24.1. The smallest absolute Gasteiger partial charge is 0.444 e. The third-order valence-corrected chi connectivity index (χ3v) is 6.11. The van der Waals surface area contributed by atoms with E-state index in [-0.39, 0.29) is 43.2 Å². The van der Waals surface area contributed by atoms with Gasteiger partial charge in [-0.2, -0.15) is 13.1 Å². The second-order valence-corrected chi connectivity index (χ2v) is 9.27. The first-order valence-electron chi connectivity index (χ1n) is 10.9. The van der Waals surface area contributed by atoms with Crippen molar-refractivity contribution in [3.63, 3.8) is 0 Å². The predicted molar refractivity (Wildman–Crippen MR) is 125 cm³/mol. The van der Waals surface area contributed by atoms with E-state index in [0.717, 1.165) is 4.57 Å². The van der Waals surface area contributed by atoms with Crippen LogP contribution < -0.4 is 15.2 Å². The number of rotatable bonds is 10. The van der Waals surface area contributed by atoms with Crippen LogP contribution in [0.25, 0.3) is 17.2 Å². The minimum absolute atomic E-state index is 0.0179. The third kappa shape index (κ3) is 6.45. The van der Waals surface area contributed by atoms with Gasteiger partial charge in [0.15, 0.2) is 5.69 Å². The molecular formula is C22H21FN6O7S. The number of carbonyl (C=O) groups is 1. The van der Waals surface area contributed by atoms with Crippen molar-refractivity contribution < 1.29 is 31.5 Å². The van der Waals surface area contributed by atoms with Crippen LogP contribution in [0.15, 0.2) is 62.5 Å². The zero-order valence-corrected chi connectivity index (χ0v) is 20.2. The van der Waals surface area contributed by atoms with Crippen molar-refractivity contribution in [2.75, 3.05) is 6.54 Å². The van der Waals surface area contributed by atoms with E-state index in [4.69, 9.17) is 13.9 Å². The first kappa shape index (κ1) is 25.7. The van der Waals surface area contributed by atoms with Gasteiger partial charge in [-0.1, -0.05) is 40.6 Å². The number of nitrogens with zero attached hydrogens (tertiary/aromatic N) is 4. The summed E-state index contributed by atoms with van der Waals surface area (Å²) in [6.45, 7) is 1.38. The Morgan fingerprint density at radius 2 is 1.92 bits per heavy atom. The van der Waals surface area contributed by atoms with Crippen molar-refractivity contribution in [1.82, 2.24) is 29.5 Å². The summed E-state index contributed by atoms with van der Waals surface area (Å²) in [5.74, 6) is -1.29. The average molecular weight is 533 g/mol. The maximum atomic E-state index is 13.7. The predicted octanol–water partition coefficient (Wildman–Crippen LogP) is 2.02. The molecule has 0 unspecified atom stereocenters. The Hall–Kier alpha value is -4.37. The van der Waals surface area contributed by atoms with Crippen LogP contribution in [0.1, 0.15) is 23.2 Å². The minimum atomic E-state index is -4.17. The van der Waals surface area contributed by atoms with Crippen LogP contribution in [-0.4, -0.2) is 41.1 Å². The zero-order chi connectivity index (χ0) is 26.4. The summed E-state index contributed by atoms with van der Waals surface area (Å²) in [5.41, 5.74) is 1.67. The fraction of sp³-hybridized carbons (Fsp3) is 0.227. The summed E-state index contributed by atoms with van der Waals surface area (Å²) < 4.78 is 57.4. The van der Waals surface area contributed by atoms with Gasteiger partial charge in [0.1, 0.15) is 18.1 Å². The molecule has 4 rings (SSSR count). The van der Waals surface area contributed by atoms with Gasteiger partial charge in [-0.05, 0) is 54.2 Å². The van der Waals surface area contributed by atoms with Crippen LogP contribution >= 0.6 is 0 Å². The quantitative estimate of drug-likeness (QED) is 0.288. The molecule has 0 radical (unpaired) electrons. The van der Waals surface area contributed by atoms with Crippen LogP contribution in [0.3, 0.4) is 0 Å². The molecule has 2 heterocycles. The highest BCUT2D eigenvalue weighted by Crippen LogP contribution is 2.22. The van der Waals surface area contributed by atoms with Crippen LogP contribution in [0.2, 0.25) is 0 Å². The van der Waals surface area contributed by atoms with Gasteiger partial charge in [-0.3, -0.25) is 4.52 Å². The number of hydrogen-bond acceptors (Lipinski definition) is 10. The number of nitrogens with one attached hydrogen (secondary N) is 2. The molecule has 2 N–H and O–H groups in total. The van der Waals surface area contributed by atoms with E-state index in [0.29, 0.717) is 16.8 Å². The molecule has 4 aromatic rings. The molecule has 194 valence electrons. The lowest BCUT2D eigenvalue weighted by Gasteiger charge is -2.09. The fourth-order valence-electron chi connectivity index (χ4n) is 3.30. The fourth-order valence-corrected chi connectivity index (χ4v) is 4.06. The molecule has 0 saturated heterocycles. The van der Waals surface area contributed by atoms with E-state index in [1.165, 1.54) is 18.2 Å². The normalized spacial score (nSPS) is 11.4. The van der Waals surface area contributed by atoms with Crippen molar-refractivity contribution in [2.24, 2.45) is 0 Å². The Morgan fingerprint density at radius 3 is 2.68 bits per heavy atom. The maximum absolute atomic E-state index is 13.7. The molecule has 15 heteroatoms. The van der Waals surface area contributed by atoms with E-state index >= 15 is 0 Å². The van der Waals surface area contributed by atoms with Crippen molar-refractivity contribution in [1.29, 1.82) is 0 Å². The summed E-state index contributed by atoms with van der Waals surface area (Å²) >= 11 is 0. The van der Waals surface area contributed by atoms with Gasteiger partial charge < -0.3 is 4.74 Å². The average Bonchev–Trinajstić information content (AvgIpc) is 3.49. The molecule has 0 atom stereocenters. The molecule has 13 nitrogen and oxygen atoms in total. The Bertz CT molecular complexity index is 1550. The molecule has 2 aromatic carbocycles. The molecule has 2 aromatic heterocycles. The van der Waals surface area contributed by atoms with Gasteiger partial charge in [0.05, 0.1) is 5.69 Å². The maximum Gasteiger partial charge on any atom is 0.446 e. The lowest BCUT2D eigenvalue weighted by Crippen LogP contribution is -2.40. The van der Waals surface area contributed by atoms with E-state index < -0.39 is 27.9 Å². The van der Waals surface area contributed by atoms with E-state index in [1.807, 2.05) is 0 Å². The second kappa shape index (κ2) is 11.1. The molecule has 0 saturated carbocycles. The number of amides is 1. The number of carbonyl (C=O) groups excluding carboxylic acids is 1. The molecule has 0 aliphatic carbocycles. The molecule has 0 spiro atoms. The largest absolute Gasteiger partial charge is 0.446 e. The van der Waals surface area contributed by atoms with Crippen LogP contribution in [0.4, 0.5) is 9.18 Å². The Balaban J connectivity index is 1.34. The molecule has 37 heavy (non-hydrogen) atoms. The number of halogens is 1. The molecule has 0 aliphatic rings.